The van der Waals surface area contributed by atoms with E-state index < -0.39 is 54.0 Å². The van der Waals surface area contributed by atoms with E-state index in [-0.39, 0.29) is 38.3 Å². The van der Waals surface area contributed by atoms with Gasteiger partial charge in [-0.3, -0.25) is 19.2 Å². The van der Waals surface area contributed by atoms with Crippen molar-refractivity contribution in [2.45, 2.75) is 62.9 Å². The summed E-state index contributed by atoms with van der Waals surface area (Å²) < 4.78 is 10.7. The third-order valence-electron chi connectivity index (χ3n) is 8.21. The van der Waals surface area contributed by atoms with Crippen LogP contribution >= 0.6 is 0 Å². The molecule has 48 heavy (non-hydrogen) atoms. The minimum Gasteiger partial charge on any atom is -0.481 e. The predicted molar refractivity (Wildman–Crippen MR) is 176 cm³/mol. The summed E-state index contributed by atoms with van der Waals surface area (Å²) in [5, 5.41) is 18.2. The van der Waals surface area contributed by atoms with Gasteiger partial charge in [-0.1, -0.05) is 78.9 Å². The second kappa shape index (κ2) is 15.4. The molecule has 1 aliphatic heterocycles. The van der Waals surface area contributed by atoms with E-state index in [9.17, 15) is 29.1 Å². The lowest BCUT2D eigenvalue weighted by Gasteiger charge is -2.26. The number of ketones is 1. The van der Waals surface area contributed by atoms with Crippen molar-refractivity contribution in [1.82, 2.24) is 20.9 Å². The summed E-state index contributed by atoms with van der Waals surface area (Å²) >= 11 is 0. The van der Waals surface area contributed by atoms with Crippen molar-refractivity contribution in [3.8, 4) is 0 Å². The first kappa shape index (κ1) is 33.9. The number of ether oxygens (including phenoxy) is 2. The highest BCUT2D eigenvalue weighted by Gasteiger charge is 2.50. The number of aromatic nitrogens is 1. The zero-order valence-corrected chi connectivity index (χ0v) is 26.4. The number of benzene rings is 3. The normalized spacial score (nSPS) is 17.0. The number of carbonyl (C=O) groups excluding carboxylic acids is 4. The number of hydrogen-bond acceptors (Lipinski definition) is 7. The van der Waals surface area contributed by atoms with Crippen LogP contribution in [-0.4, -0.2) is 70.1 Å². The monoisotopic (exact) mass is 654 g/mol. The molecule has 12 heteroatoms. The van der Waals surface area contributed by atoms with Crippen LogP contribution in [0.1, 0.15) is 36.5 Å². The smallest absolute Gasteiger partial charge is 0.408 e. The van der Waals surface area contributed by atoms with Crippen molar-refractivity contribution in [2.24, 2.45) is 0 Å². The average Bonchev–Trinajstić information content (AvgIpc) is 3.72. The molecule has 0 saturated carbocycles. The molecule has 0 spiro atoms. The second-order valence-corrected chi connectivity index (χ2v) is 12.0. The quantitative estimate of drug-likeness (QED) is 0.114. The fourth-order valence-corrected chi connectivity index (χ4v) is 5.40. The van der Waals surface area contributed by atoms with Crippen LogP contribution in [0.4, 0.5) is 4.79 Å². The SMILES string of the molecule is C[C@]1(C(=O)[C@H](Cc2ccccc2)NC(=O)[C@H](Cc2c[nH]c3ccccc23)NC(=O)[C@H](CCC(=O)O)NC(=O)OCc2ccccc2)CO1. The maximum Gasteiger partial charge on any atom is 0.408 e. The number of hydrogen-bond donors (Lipinski definition) is 5. The topological polar surface area (TPSA) is 179 Å². The van der Waals surface area contributed by atoms with Crippen LogP contribution in [0, 0.1) is 0 Å². The minimum atomic E-state index is -1.33. The van der Waals surface area contributed by atoms with Crippen molar-refractivity contribution < 1.29 is 38.6 Å². The zero-order chi connectivity index (χ0) is 34.1. The van der Waals surface area contributed by atoms with E-state index in [4.69, 9.17) is 9.47 Å². The minimum absolute atomic E-state index is 0.0334. The van der Waals surface area contributed by atoms with Crippen LogP contribution in [0.5, 0.6) is 0 Å². The Hall–Kier alpha value is -5.49. The highest BCUT2D eigenvalue weighted by Crippen LogP contribution is 2.29. The third kappa shape index (κ3) is 9.07. The summed E-state index contributed by atoms with van der Waals surface area (Å²) in [6.07, 6.45) is 0.369. The number of nitrogens with one attached hydrogen (secondary N) is 4. The summed E-state index contributed by atoms with van der Waals surface area (Å²) in [4.78, 5) is 68.5. The van der Waals surface area contributed by atoms with Crippen molar-refractivity contribution in [3.63, 3.8) is 0 Å². The van der Waals surface area contributed by atoms with Crippen molar-refractivity contribution in [3.05, 3.63) is 108 Å². The van der Waals surface area contributed by atoms with E-state index in [0.29, 0.717) is 0 Å². The Balaban J connectivity index is 1.36. The van der Waals surface area contributed by atoms with Gasteiger partial charge in [0, 0.05) is 29.9 Å². The van der Waals surface area contributed by atoms with Gasteiger partial charge in [0.1, 0.15) is 24.3 Å². The summed E-state index contributed by atoms with van der Waals surface area (Å²) in [5.74, 6) is -2.87. The number of alkyl carbamates (subject to hydrolysis) is 1. The van der Waals surface area contributed by atoms with Gasteiger partial charge in [0.25, 0.3) is 0 Å². The number of epoxide rings is 1. The number of H-pyrrole nitrogens is 1. The van der Waals surface area contributed by atoms with E-state index in [1.807, 2.05) is 60.7 Å². The summed E-state index contributed by atoms with van der Waals surface area (Å²) in [6.45, 7) is 1.84. The molecule has 1 saturated heterocycles. The van der Waals surface area contributed by atoms with Gasteiger partial charge in [0.05, 0.1) is 12.6 Å². The molecule has 0 aliphatic carbocycles. The van der Waals surface area contributed by atoms with Gasteiger partial charge in [-0.15, -0.1) is 0 Å². The number of fused-ring (bicyclic) bond motifs is 1. The molecule has 12 nitrogen and oxygen atoms in total. The van der Waals surface area contributed by atoms with Gasteiger partial charge < -0.3 is 35.5 Å². The first-order valence-electron chi connectivity index (χ1n) is 15.7. The van der Waals surface area contributed by atoms with E-state index >= 15 is 0 Å². The number of Topliss-reactive ketones (excluding diaryl/α,β-unsaturated/α-hetero) is 1. The molecule has 250 valence electrons. The van der Waals surface area contributed by atoms with Gasteiger partial charge in [-0.05, 0) is 42.5 Å². The first-order valence-corrected chi connectivity index (χ1v) is 15.7. The Labute approximate surface area is 277 Å². The maximum atomic E-state index is 14.0. The number of carboxylic acids is 1. The van der Waals surface area contributed by atoms with Crippen LogP contribution < -0.4 is 16.0 Å². The summed E-state index contributed by atoms with van der Waals surface area (Å²) in [5.41, 5.74) is 2.08. The Morgan fingerprint density at radius 2 is 1.42 bits per heavy atom. The van der Waals surface area contributed by atoms with Gasteiger partial charge in [0.15, 0.2) is 5.78 Å². The number of para-hydroxylation sites is 1. The molecule has 5 N–H and O–H groups in total. The highest BCUT2D eigenvalue weighted by atomic mass is 16.6. The Morgan fingerprint density at radius 1 is 0.812 bits per heavy atom. The Bertz CT molecular complexity index is 1750. The van der Waals surface area contributed by atoms with Gasteiger partial charge in [-0.25, -0.2) is 4.79 Å². The Kier molecular flexibility index (Phi) is 10.9. The molecule has 4 atom stereocenters. The van der Waals surface area contributed by atoms with E-state index in [1.54, 1.807) is 37.4 Å². The molecule has 2 heterocycles. The molecule has 1 fully saturated rings. The number of aromatic amines is 1. The molecule has 3 aromatic carbocycles. The molecular weight excluding hydrogens is 616 g/mol. The Morgan fingerprint density at radius 3 is 2.08 bits per heavy atom. The van der Waals surface area contributed by atoms with Crippen molar-refractivity contribution in [1.29, 1.82) is 0 Å². The van der Waals surface area contributed by atoms with Crippen molar-refractivity contribution in [2.75, 3.05) is 6.61 Å². The molecule has 0 unspecified atom stereocenters. The largest absolute Gasteiger partial charge is 0.481 e. The molecule has 1 aliphatic rings. The fraction of sp³-hybridized carbons (Fsp3) is 0.306. The molecule has 5 rings (SSSR count). The van der Waals surface area contributed by atoms with Crippen LogP contribution in [0.15, 0.2) is 91.1 Å². The standard InChI is InChI=1S/C36H38N4O8/c1-36(22-48-36)32(43)29(18-23-10-4-2-5-11-23)38-34(45)30(19-25-20-37-27-15-9-8-14-26(25)27)39-33(44)28(16-17-31(41)42)40-35(46)47-21-24-12-6-3-7-13-24/h2-15,20,28-30,37H,16-19,21-22H2,1H3,(H,38,45)(H,39,44)(H,40,46)(H,41,42)/t28-,29-,30-,36+/m0/s1. The number of amides is 3. The molecule has 1 aromatic heterocycles. The molecule has 4 aromatic rings. The number of aliphatic carboxylic acids is 1. The predicted octanol–water partition coefficient (Wildman–Crippen LogP) is 3.44. The molecule has 0 bridgehead atoms. The number of carboxylic acid groups (broad SMARTS) is 1. The van der Waals surface area contributed by atoms with E-state index in [0.717, 1.165) is 27.6 Å². The average molecular weight is 655 g/mol. The molecule has 0 radical (unpaired) electrons. The van der Waals surface area contributed by atoms with Crippen LogP contribution in [0.3, 0.4) is 0 Å². The lowest BCUT2D eigenvalue weighted by molar-refractivity contribution is -0.137. The first-order chi connectivity index (χ1) is 23.1. The van der Waals surface area contributed by atoms with E-state index in [1.165, 1.54) is 0 Å². The number of carbonyl (C=O) groups is 5. The molecular formula is C36H38N4O8. The molecule has 3 amide bonds. The summed E-state index contributed by atoms with van der Waals surface area (Å²) in [7, 11) is 0. The van der Waals surface area contributed by atoms with Crippen LogP contribution in [0.25, 0.3) is 10.9 Å². The fourth-order valence-electron chi connectivity index (χ4n) is 5.40. The number of rotatable bonds is 16. The van der Waals surface area contributed by atoms with Crippen molar-refractivity contribution >= 4 is 40.6 Å². The van der Waals surface area contributed by atoms with Crippen LogP contribution in [0.2, 0.25) is 0 Å². The van der Waals surface area contributed by atoms with E-state index in [2.05, 4.69) is 20.9 Å². The summed E-state index contributed by atoms with van der Waals surface area (Å²) in [6, 6.07) is 22.1. The third-order valence-corrected chi connectivity index (χ3v) is 8.21. The van der Waals surface area contributed by atoms with Gasteiger partial charge in [0.2, 0.25) is 11.8 Å². The lowest BCUT2D eigenvalue weighted by atomic mass is 9.94. The zero-order valence-electron chi connectivity index (χ0n) is 26.4. The van der Waals surface area contributed by atoms with Gasteiger partial charge in [-0.2, -0.15) is 0 Å². The maximum absolute atomic E-state index is 14.0. The highest BCUT2D eigenvalue weighted by molar-refractivity contribution is 5.99. The van der Waals surface area contributed by atoms with Gasteiger partial charge >= 0.3 is 12.1 Å². The second-order valence-electron chi connectivity index (χ2n) is 12.0. The lowest BCUT2D eigenvalue weighted by Crippen LogP contribution is -2.57. The van der Waals surface area contributed by atoms with Crippen LogP contribution in [-0.2, 0) is 48.1 Å².